The zero-order valence-electron chi connectivity index (χ0n) is 22.4. The van der Waals surface area contributed by atoms with Crippen molar-refractivity contribution in [2.45, 2.75) is 44.4 Å². The van der Waals surface area contributed by atoms with Crippen molar-refractivity contribution in [1.29, 1.82) is 0 Å². The summed E-state index contributed by atoms with van der Waals surface area (Å²) in [7, 11) is 0. The standard InChI is InChI=1S/C31H32N6O4/c32-31-36-28-25(33-20-34-28)29(37-31)35-30-27(40-18-23-14-8-3-9-15-23)26(39-17-22-12-6-2-7-13-22)24(41-30)19-38-16-21-10-4-1-5-11-21/h1-15,20,24,26-27,30H,16-19H2,(H4,32,33,34,35,36,37)/t24-,26-,27+,30?/m1/s1. The molecule has 4 N–H and O–H groups in total. The zero-order chi connectivity index (χ0) is 27.9. The average Bonchev–Trinajstić information content (AvgIpc) is 3.61. The van der Waals surface area contributed by atoms with E-state index in [2.05, 4.69) is 25.3 Å². The zero-order valence-corrected chi connectivity index (χ0v) is 22.4. The van der Waals surface area contributed by atoms with Crippen LogP contribution in [0.4, 0.5) is 11.8 Å². The van der Waals surface area contributed by atoms with E-state index in [9.17, 15) is 0 Å². The maximum Gasteiger partial charge on any atom is 0.224 e. The third-order valence-electron chi connectivity index (χ3n) is 6.86. The van der Waals surface area contributed by atoms with E-state index in [1.165, 1.54) is 0 Å². The summed E-state index contributed by atoms with van der Waals surface area (Å²) in [4.78, 5) is 15.9. The van der Waals surface area contributed by atoms with Gasteiger partial charge in [0.1, 0.15) is 23.8 Å². The molecule has 1 unspecified atom stereocenters. The summed E-state index contributed by atoms with van der Waals surface area (Å²) in [5, 5.41) is 3.38. The molecule has 1 fully saturated rings. The Hall–Kier alpha value is -4.35. The van der Waals surface area contributed by atoms with Crippen molar-refractivity contribution in [2.75, 3.05) is 17.7 Å². The molecule has 2 aromatic heterocycles. The summed E-state index contributed by atoms with van der Waals surface area (Å²) in [5.74, 6) is 0.572. The van der Waals surface area contributed by atoms with Gasteiger partial charge in [0.15, 0.2) is 17.7 Å². The molecular weight excluding hydrogens is 520 g/mol. The number of imidazole rings is 1. The number of aromatic nitrogens is 4. The molecule has 1 aliphatic heterocycles. The number of nitrogens with two attached hydrogens (primary N) is 1. The number of nitrogens with zero attached hydrogens (tertiary/aromatic N) is 3. The summed E-state index contributed by atoms with van der Waals surface area (Å²) in [6.45, 7) is 1.54. The lowest BCUT2D eigenvalue weighted by atomic mass is 10.1. The first kappa shape index (κ1) is 26.9. The van der Waals surface area contributed by atoms with Crippen molar-refractivity contribution >= 4 is 22.9 Å². The monoisotopic (exact) mass is 552 g/mol. The lowest BCUT2D eigenvalue weighted by Gasteiger charge is -2.25. The minimum absolute atomic E-state index is 0.103. The van der Waals surface area contributed by atoms with Crippen LogP contribution in [0.25, 0.3) is 11.2 Å². The number of ether oxygens (including phenoxy) is 4. The Morgan fingerprint density at radius 1 is 0.756 bits per heavy atom. The van der Waals surface area contributed by atoms with Gasteiger partial charge in [0.05, 0.1) is 32.8 Å². The molecule has 10 heteroatoms. The average molecular weight is 553 g/mol. The largest absolute Gasteiger partial charge is 0.374 e. The van der Waals surface area contributed by atoms with Crippen LogP contribution >= 0.6 is 0 Å². The molecular formula is C31H32N6O4. The SMILES string of the molecule is Nc1nc(NC2O[C@H](COCc3ccccc3)[C@@H](OCc3ccccc3)[C@@H]2OCc2ccccc2)c2[nH]cnc2n1. The fourth-order valence-electron chi connectivity index (χ4n) is 4.85. The van der Waals surface area contributed by atoms with E-state index < -0.39 is 24.5 Å². The Morgan fingerprint density at radius 2 is 1.34 bits per heavy atom. The molecule has 210 valence electrons. The molecule has 0 bridgehead atoms. The Labute approximate surface area is 237 Å². The molecule has 10 nitrogen and oxygen atoms in total. The van der Waals surface area contributed by atoms with Gasteiger partial charge >= 0.3 is 0 Å². The van der Waals surface area contributed by atoms with E-state index in [0.29, 0.717) is 43.4 Å². The number of nitrogen functional groups attached to an aromatic ring is 1. The molecule has 0 radical (unpaired) electrons. The molecule has 3 heterocycles. The molecule has 3 aromatic carbocycles. The highest BCUT2D eigenvalue weighted by Crippen LogP contribution is 2.31. The highest BCUT2D eigenvalue weighted by atomic mass is 16.6. The molecule has 1 aliphatic rings. The number of benzene rings is 3. The van der Waals surface area contributed by atoms with E-state index in [1.54, 1.807) is 6.33 Å². The quantitative estimate of drug-likeness (QED) is 0.205. The van der Waals surface area contributed by atoms with Crippen LogP contribution in [0.2, 0.25) is 0 Å². The first-order chi connectivity index (χ1) is 20.2. The van der Waals surface area contributed by atoms with E-state index >= 15 is 0 Å². The summed E-state index contributed by atoms with van der Waals surface area (Å²) >= 11 is 0. The normalized spacial score (nSPS) is 20.4. The van der Waals surface area contributed by atoms with Crippen molar-refractivity contribution in [3.63, 3.8) is 0 Å². The summed E-state index contributed by atoms with van der Waals surface area (Å²) < 4.78 is 25.7. The number of aromatic amines is 1. The van der Waals surface area contributed by atoms with Crippen LogP contribution < -0.4 is 11.1 Å². The fourth-order valence-corrected chi connectivity index (χ4v) is 4.85. The maximum absolute atomic E-state index is 6.55. The summed E-state index contributed by atoms with van der Waals surface area (Å²) in [6, 6.07) is 30.1. The lowest BCUT2D eigenvalue weighted by Crippen LogP contribution is -2.41. The smallest absolute Gasteiger partial charge is 0.224 e. The minimum atomic E-state index is -0.620. The highest BCUT2D eigenvalue weighted by Gasteiger charge is 2.47. The van der Waals surface area contributed by atoms with Crippen molar-refractivity contribution in [3.8, 4) is 0 Å². The number of nitrogens with one attached hydrogen (secondary N) is 2. The van der Waals surface area contributed by atoms with Crippen molar-refractivity contribution < 1.29 is 18.9 Å². The third-order valence-corrected chi connectivity index (χ3v) is 6.86. The van der Waals surface area contributed by atoms with Crippen LogP contribution in [-0.2, 0) is 38.8 Å². The Bertz CT molecular complexity index is 1520. The van der Waals surface area contributed by atoms with Gasteiger partial charge in [0, 0.05) is 0 Å². The van der Waals surface area contributed by atoms with E-state index in [1.807, 2.05) is 91.0 Å². The van der Waals surface area contributed by atoms with Gasteiger partial charge in [-0.15, -0.1) is 0 Å². The van der Waals surface area contributed by atoms with Crippen LogP contribution in [0.1, 0.15) is 16.7 Å². The third kappa shape index (κ3) is 6.69. The van der Waals surface area contributed by atoms with Gasteiger partial charge in [-0.25, -0.2) is 4.98 Å². The molecule has 4 atom stereocenters. The van der Waals surface area contributed by atoms with Crippen LogP contribution in [0.15, 0.2) is 97.3 Å². The van der Waals surface area contributed by atoms with Crippen LogP contribution in [0, 0.1) is 0 Å². The number of fused-ring (bicyclic) bond motifs is 1. The first-order valence-electron chi connectivity index (χ1n) is 13.5. The van der Waals surface area contributed by atoms with Crippen molar-refractivity contribution in [2.24, 2.45) is 0 Å². The molecule has 0 aliphatic carbocycles. The van der Waals surface area contributed by atoms with Crippen LogP contribution in [0.3, 0.4) is 0 Å². The van der Waals surface area contributed by atoms with Gasteiger partial charge in [0.25, 0.3) is 0 Å². The van der Waals surface area contributed by atoms with Crippen LogP contribution in [-0.4, -0.2) is 51.1 Å². The van der Waals surface area contributed by atoms with E-state index in [0.717, 1.165) is 16.7 Å². The fraction of sp³-hybridized carbons (Fsp3) is 0.258. The molecule has 0 amide bonds. The number of hydrogen-bond donors (Lipinski definition) is 3. The predicted octanol–water partition coefficient (Wildman–Crippen LogP) is 4.46. The summed E-state index contributed by atoms with van der Waals surface area (Å²) in [6.07, 6.45) is -0.431. The van der Waals surface area contributed by atoms with Gasteiger partial charge in [-0.05, 0) is 16.7 Å². The molecule has 6 rings (SSSR count). The predicted molar refractivity (Wildman–Crippen MR) is 155 cm³/mol. The first-order valence-corrected chi connectivity index (χ1v) is 13.5. The second-order valence-electron chi connectivity index (χ2n) is 9.79. The molecule has 1 saturated heterocycles. The topological polar surface area (TPSA) is 129 Å². The van der Waals surface area contributed by atoms with Crippen molar-refractivity contribution in [3.05, 3.63) is 114 Å². The maximum atomic E-state index is 6.55. The van der Waals surface area contributed by atoms with Crippen LogP contribution in [0.5, 0.6) is 0 Å². The number of anilines is 2. The minimum Gasteiger partial charge on any atom is -0.374 e. The highest BCUT2D eigenvalue weighted by molar-refractivity contribution is 5.83. The van der Waals surface area contributed by atoms with Gasteiger partial charge in [-0.2, -0.15) is 9.97 Å². The van der Waals surface area contributed by atoms with E-state index in [-0.39, 0.29) is 5.95 Å². The number of rotatable bonds is 12. The number of H-pyrrole nitrogens is 1. The lowest BCUT2D eigenvalue weighted by molar-refractivity contribution is -0.0897. The molecule has 41 heavy (non-hydrogen) atoms. The second kappa shape index (κ2) is 12.9. The Balaban J connectivity index is 1.26. The molecule has 0 spiro atoms. The molecule has 0 saturated carbocycles. The van der Waals surface area contributed by atoms with Crippen molar-refractivity contribution in [1.82, 2.24) is 19.9 Å². The second-order valence-corrected chi connectivity index (χ2v) is 9.79. The van der Waals surface area contributed by atoms with Gasteiger partial charge in [-0.3, -0.25) is 0 Å². The Morgan fingerprint density at radius 3 is 1.98 bits per heavy atom. The van der Waals surface area contributed by atoms with Gasteiger partial charge in [-0.1, -0.05) is 91.0 Å². The van der Waals surface area contributed by atoms with E-state index in [4.69, 9.17) is 24.7 Å². The Kier molecular flexibility index (Phi) is 8.43. The van der Waals surface area contributed by atoms with Gasteiger partial charge < -0.3 is 35.0 Å². The van der Waals surface area contributed by atoms with Gasteiger partial charge in [0.2, 0.25) is 5.95 Å². The molecule has 5 aromatic rings. The number of hydrogen-bond acceptors (Lipinski definition) is 9. The summed E-state index contributed by atoms with van der Waals surface area (Å²) in [5.41, 5.74) is 10.2.